The summed E-state index contributed by atoms with van der Waals surface area (Å²) in [5, 5.41) is 5.92. The number of carbonyl (C=O) groups excluding carboxylic acids is 1. The molecule has 0 bridgehead atoms. The van der Waals surface area contributed by atoms with Gasteiger partial charge in [0.1, 0.15) is 12.3 Å². The summed E-state index contributed by atoms with van der Waals surface area (Å²) < 4.78 is 10.6. The van der Waals surface area contributed by atoms with Crippen molar-refractivity contribution in [2.75, 3.05) is 0 Å². The van der Waals surface area contributed by atoms with E-state index in [1.54, 1.807) is 17.4 Å². The summed E-state index contributed by atoms with van der Waals surface area (Å²) in [5.41, 5.74) is 3.79. The molecule has 0 aliphatic heterocycles. The highest BCUT2D eigenvalue weighted by Gasteiger charge is 2.11. The fraction of sp³-hybridized carbons (Fsp3) is 0.0909. The molecule has 2 aromatic carbocycles. The van der Waals surface area contributed by atoms with E-state index in [4.69, 9.17) is 9.26 Å². The van der Waals surface area contributed by atoms with Crippen LogP contribution in [0, 0.1) is 0 Å². The summed E-state index contributed by atoms with van der Waals surface area (Å²) in [6, 6.07) is 23.8. The number of esters is 1. The average molecular weight is 375 g/mol. The van der Waals surface area contributed by atoms with Crippen LogP contribution in [0.5, 0.6) is 0 Å². The number of rotatable bonds is 6. The first-order valence-corrected chi connectivity index (χ1v) is 9.45. The number of aromatic nitrogens is 1. The molecule has 0 amide bonds. The minimum absolute atomic E-state index is 0.107. The number of hydrogen-bond donors (Lipinski definition) is 0. The van der Waals surface area contributed by atoms with Crippen LogP contribution in [0.4, 0.5) is 0 Å². The van der Waals surface area contributed by atoms with Gasteiger partial charge in [-0.3, -0.25) is 4.79 Å². The van der Waals surface area contributed by atoms with E-state index >= 15 is 0 Å². The molecule has 0 atom stereocenters. The summed E-state index contributed by atoms with van der Waals surface area (Å²) in [6.45, 7) is 0.107. The van der Waals surface area contributed by atoms with Crippen molar-refractivity contribution in [3.63, 3.8) is 0 Å². The fourth-order valence-electron chi connectivity index (χ4n) is 2.73. The first-order chi connectivity index (χ1) is 13.3. The Morgan fingerprint density at radius 1 is 0.963 bits per heavy atom. The maximum atomic E-state index is 12.1. The van der Waals surface area contributed by atoms with E-state index in [0.29, 0.717) is 11.5 Å². The first-order valence-electron chi connectivity index (χ1n) is 8.57. The van der Waals surface area contributed by atoms with Crippen molar-refractivity contribution in [2.24, 2.45) is 0 Å². The molecule has 4 rings (SSSR count). The number of carbonyl (C=O) groups is 1. The van der Waals surface area contributed by atoms with Crippen molar-refractivity contribution in [1.82, 2.24) is 5.16 Å². The van der Waals surface area contributed by atoms with Gasteiger partial charge in [-0.15, -0.1) is 11.3 Å². The Morgan fingerprint density at radius 2 is 1.74 bits per heavy atom. The van der Waals surface area contributed by atoms with Gasteiger partial charge in [0.2, 0.25) is 0 Å². The molecule has 5 heteroatoms. The quantitative estimate of drug-likeness (QED) is 0.426. The van der Waals surface area contributed by atoms with Gasteiger partial charge >= 0.3 is 5.97 Å². The van der Waals surface area contributed by atoms with Crippen molar-refractivity contribution in [3.8, 4) is 21.8 Å². The number of benzene rings is 2. The number of nitrogens with zero attached hydrogens (tertiary/aromatic N) is 1. The van der Waals surface area contributed by atoms with E-state index in [9.17, 15) is 4.79 Å². The third-order valence-corrected chi connectivity index (χ3v) is 5.00. The molecule has 4 aromatic rings. The molecule has 27 heavy (non-hydrogen) atoms. The van der Waals surface area contributed by atoms with E-state index in [1.807, 2.05) is 60.0 Å². The Morgan fingerprint density at radius 3 is 2.48 bits per heavy atom. The number of thiophene rings is 1. The maximum absolute atomic E-state index is 12.1. The molecule has 134 valence electrons. The summed E-state index contributed by atoms with van der Waals surface area (Å²) in [6.07, 6.45) is 0.227. The summed E-state index contributed by atoms with van der Waals surface area (Å²) in [4.78, 5) is 13.1. The highest BCUT2D eigenvalue weighted by Crippen LogP contribution is 2.25. The Labute approximate surface area is 161 Å². The molecule has 0 aliphatic rings. The lowest BCUT2D eigenvalue weighted by molar-refractivity contribution is -0.144. The summed E-state index contributed by atoms with van der Waals surface area (Å²) >= 11 is 1.57. The zero-order valence-electron chi connectivity index (χ0n) is 14.5. The zero-order chi connectivity index (χ0) is 18.5. The minimum atomic E-state index is -0.289. The molecule has 0 N–H and O–H groups in total. The standard InChI is InChI=1S/C22H17NO3S/c24-22(25-15-19-14-20(26-23-19)21-7-4-12-27-21)13-16-8-10-18(11-9-16)17-5-2-1-3-6-17/h1-12,14H,13,15H2. The second-order valence-corrected chi connectivity index (χ2v) is 7.01. The van der Waals surface area contributed by atoms with Crippen LogP contribution in [0.2, 0.25) is 0 Å². The van der Waals surface area contributed by atoms with Crippen molar-refractivity contribution >= 4 is 17.3 Å². The SMILES string of the molecule is O=C(Cc1ccc(-c2ccccc2)cc1)OCc1cc(-c2cccs2)on1. The van der Waals surface area contributed by atoms with Crippen LogP contribution >= 0.6 is 11.3 Å². The molecule has 0 saturated heterocycles. The predicted molar refractivity (Wildman–Crippen MR) is 105 cm³/mol. The van der Waals surface area contributed by atoms with Gasteiger partial charge in [0.05, 0.1) is 11.3 Å². The van der Waals surface area contributed by atoms with E-state index in [1.165, 1.54) is 0 Å². The van der Waals surface area contributed by atoms with Gasteiger partial charge in [0.25, 0.3) is 0 Å². The highest BCUT2D eigenvalue weighted by molar-refractivity contribution is 7.13. The van der Waals surface area contributed by atoms with Gasteiger partial charge in [-0.1, -0.05) is 65.8 Å². The molecular weight excluding hydrogens is 358 g/mol. The molecule has 2 aromatic heterocycles. The molecule has 0 saturated carbocycles. The minimum Gasteiger partial charge on any atom is -0.459 e. The number of hydrogen-bond acceptors (Lipinski definition) is 5. The van der Waals surface area contributed by atoms with Gasteiger partial charge in [-0.25, -0.2) is 0 Å². The molecule has 0 fully saturated rings. The van der Waals surface area contributed by atoms with Gasteiger partial charge in [-0.05, 0) is 28.1 Å². The normalized spacial score (nSPS) is 10.7. The topological polar surface area (TPSA) is 52.3 Å². The average Bonchev–Trinajstić information content (AvgIpc) is 3.39. The van der Waals surface area contributed by atoms with Gasteiger partial charge in [0.15, 0.2) is 5.76 Å². The number of ether oxygens (including phenoxy) is 1. The highest BCUT2D eigenvalue weighted by atomic mass is 32.1. The van der Waals surface area contributed by atoms with Gasteiger partial charge < -0.3 is 9.26 Å². The van der Waals surface area contributed by atoms with Crippen molar-refractivity contribution < 1.29 is 14.1 Å². The lowest BCUT2D eigenvalue weighted by Gasteiger charge is -2.05. The Hall–Kier alpha value is -3.18. The monoisotopic (exact) mass is 375 g/mol. The predicted octanol–water partition coefficient (Wildman–Crippen LogP) is 5.36. The summed E-state index contributed by atoms with van der Waals surface area (Å²) in [5.74, 6) is 0.399. The van der Waals surface area contributed by atoms with E-state index in [0.717, 1.165) is 21.6 Å². The van der Waals surface area contributed by atoms with E-state index in [-0.39, 0.29) is 19.0 Å². The second kappa shape index (κ2) is 8.01. The van der Waals surface area contributed by atoms with Gasteiger partial charge in [0, 0.05) is 6.07 Å². The van der Waals surface area contributed by atoms with Crippen LogP contribution in [0.25, 0.3) is 21.8 Å². The molecule has 0 radical (unpaired) electrons. The molecular formula is C22H17NO3S. The van der Waals surface area contributed by atoms with Crippen LogP contribution in [-0.4, -0.2) is 11.1 Å². The Balaban J connectivity index is 1.32. The second-order valence-electron chi connectivity index (χ2n) is 6.06. The lowest BCUT2D eigenvalue weighted by Crippen LogP contribution is -2.08. The molecule has 0 spiro atoms. The molecule has 4 nitrogen and oxygen atoms in total. The van der Waals surface area contributed by atoms with Crippen LogP contribution < -0.4 is 0 Å². The zero-order valence-corrected chi connectivity index (χ0v) is 15.3. The van der Waals surface area contributed by atoms with Crippen molar-refractivity contribution in [3.05, 3.63) is 89.4 Å². The van der Waals surface area contributed by atoms with E-state index in [2.05, 4.69) is 17.3 Å². The smallest absolute Gasteiger partial charge is 0.310 e. The van der Waals surface area contributed by atoms with Crippen LogP contribution in [0.3, 0.4) is 0 Å². The molecule has 0 aliphatic carbocycles. The Bertz CT molecular complexity index is 1010. The first kappa shape index (κ1) is 17.2. The fourth-order valence-corrected chi connectivity index (χ4v) is 3.41. The Kier molecular flexibility index (Phi) is 5.12. The van der Waals surface area contributed by atoms with Crippen molar-refractivity contribution in [2.45, 2.75) is 13.0 Å². The molecule has 0 unspecified atom stereocenters. The summed E-state index contributed by atoms with van der Waals surface area (Å²) in [7, 11) is 0. The van der Waals surface area contributed by atoms with Crippen LogP contribution in [0.15, 0.2) is 82.7 Å². The molecule has 2 heterocycles. The largest absolute Gasteiger partial charge is 0.459 e. The third-order valence-electron chi connectivity index (χ3n) is 4.11. The third kappa shape index (κ3) is 4.33. The van der Waals surface area contributed by atoms with Crippen LogP contribution in [-0.2, 0) is 22.6 Å². The lowest BCUT2D eigenvalue weighted by atomic mass is 10.0. The maximum Gasteiger partial charge on any atom is 0.310 e. The van der Waals surface area contributed by atoms with Crippen LogP contribution in [0.1, 0.15) is 11.3 Å². The van der Waals surface area contributed by atoms with Crippen molar-refractivity contribution in [1.29, 1.82) is 0 Å². The van der Waals surface area contributed by atoms with Gasteiger partial charge in [-0.2, -0.15) is 0 Å². The van der Waals surface area contributed by atoms with E-state index < -0.39 is 0 Å².